The van der Waals surface area contributed by atoms with E-state index in [0.717, 1.165) is 11.3 Å². The van der Waals surface area contributed by atoms with Gasteiger partial charge in [0.25, 0.3) is 5.56 Å². The molecule has 0 unspecified atom stereocenters. The highest BCUT2D eigenvalue weighted by atomic mass is 16.5. The number of anilines is 1. The molecule has 0 aliphatic heterocycles. The third kappa shape index (κ3) is 4.21. The van der Waals surface area contributed by atoms with E-state index in [9.17, 15) is 9.59 Å². The smallest absolute Gasteiger partial charge is 0.412 e. The van der Waals surface area contributed by atoms with Gasteiger partial charge in [0, 0.05) is 5.69 Å². The van der Waals surface area contributed by atoms with Crippen molar-refractivity contribution < 1.29 is 9.53 Å². The number of carbonyl (C=O) groups is 1. The maximum absolute atomic E-state index is 11.8. The summed E-state index contributed by atoms with van der Waals surface area (Å²) >= 11 is 0. The molecule has 110 valence electrons. The number of hydrogen-bond donors (Lipinski definition) is 2. The summed E-state index contributed by atoms with van der Waals surface area (Å²) in [5.74, 6) is 0.219. The average Bonchev–Trinajstić information content (AvgIpc) is 2.48. The molecule has 1 amide bonds. The van der Waals surface area contributed by atoms with E-state index in [-0.39, 0.29) is 23.8 Å². The predicted molar refractivity (Wildman–Crippen MR) is 81.4 cm³/mol. The molecule has 0 fully saturated rings. The summed E-state index contributed by atoms with van der Waals surface area (Å²) in [6.07, 6.45) is -0.651. The third-order valence-corrected chi connectivity index (χ3v) is 3.00. The van der Waals surface area contributed by atoms with Crippen LogP contribution in [-0.4, -0.2) is 11.1 Å². The second kappa shape index (κ2) is 6.74. The molecule has 0 saturated heterocycles. The second-order valence-electron chi connectivity index (χ2n) is 5.00. The van der Waals surface area contributed by atoms with Crippen LogP contribution >= 0.6 is 0 Å². The lowest BCUT2D eigenvalue weighted by atomic mass is 10.1. The number of H-pyrrole nitrogens is 1. The number of nitrogens with one attached hydrogen (secondary N) is 2. The van der Waals surface area contributed by atoms with Crippen molar-refractivity contribution in [2.75, 3.05) is 5.32 Å². The first kappa shape index (κ1) is 14.8. The highest BCUT2D eigenvalue weighted by Gasteiger charge is 2.08. The summed E-state index contributed by atoms with van der Waals surface area (Å²) in [4.78, 5) is 26.2. The Morgan fingerprint density at radius 3 is 2.52 bits per heavy atom. The molecule has 0 spiro atoms. The quantitative estimate of drug-likeness (QED) is 0.906. The fourth-order valence-corrected chi connectivity index (χ4v) is 1.79. The highest BCUT2D eigenvalue weighted by molar-refractivity contribution is 5.84. The monoisotopic (exact) mass is 286 g/mol. The van der Waals surface area contributed by atoms with Gasteiger partial charge < -0.3 is 9.72 Å². The normalized spacial score (nSPS) is 10.4. The zero-order valence-corrected chi connectivity index (χ0v) is 12.1. The number of amides is 1. The Hall–Kier alpha value is -2.56. The van der Waals surface area contributed by atoms with Crippen LogP contribution in [0.3, 0.4) is 0 Å². The Morgan fingerprint density at radius 2 is 1.90 bits per heavy atom. The van der Waals surface area contributed by atoms with E-state index < -0.39 is 6.09 Å². The number of hydrogen-bond acceptors (Lipinski definition) is 3. The number of aromatic nitrogens is 1. The van der Waals surface area contributed by atoms with Gasteiger partial charge in [-0.3, -0.25) is 10.1 Å². The van der Waals surface area contributed by atoms with Crippen molar-refractivity contribution in [1.29, 1.82) is 0 Å². The maximum atomic E-state index is 11.8. The predicted octanol–water partition coefficient (Wildman–Crippen LogP) is 3.25. The molecule has 5 nitrogen and oxygen atoms in total. The minimum absolute atomic E-state index is 0.161. The summed E-state index contributed by atoms with van der Waals surface area (Å²) < 4.78 is 5.06. The Labute approximate surface area is 123 Å². The number of rotatable bonds is 4. The van der Waals surface area contributed by atoms with Crippen LogP contribution in [0.1, 0.15) is 31.0 Å². The van der Waals surface area contributed by atoms with Gasteiger partial charge >= 0.3 is 6.09 Å². The molecular weight excluding hydrogens is 268 g/mol. The van der Waals surface area contributed by atoms with Crippen molar-refractivity contribution in [1.82, 2.24) is 4.98 Å². The van der Waals surface area contributed by atoms with E-state index in [1.807, 2.05) is 44.2 Å². The number of benzene rings is 1. The topological polar surface area (TPSA) is 71.2 Å². The van der Waals surface area contributed by atoms with Gasteiger partial charge in [-0.05, 0) is 23.6 Å². The van der Waals surface area contributed by atoms with E-state index in [1.165, 1.54) is 0 Å². The SMILES string of the molecule is CC(C)c1ccc(NC(=O)OCc2ccccc2)c(=O)[nH]1. The summed E-state index contributed by atoms with van der Waals surface area (Å²) in [6.45, 7) is 4.12. The molecule has 0 radical (unpaired) electrons. The van der Waals surface area contributed by atoms with Gasteiger partial charge in [0.1, 0.15) is 12.3 Å². The van der Waals surface area contributed by atoms with Gasteiger partial charge in [-0.25, -0.2) is 4.79 Å². The van der Waals surface area contributed by atoms with Crippen LogP contribution in [0, 0.1) is 0 Å². The lowest BCUT2D eigenvalue weighted by Gasteiger charge is -2.08. The first-order valence-electron chi connectivity index (χ1n) is 6.77. The largest absolute Gasteiger partial charge is 0.444 e. The maximum Gasteiger partial charge on any atom is 0.412 e. The molecule has 5 heteroatoms. The molecule has 0 aliphatic rings. The minimum Gasteiger partial charge on any atom is -0.444 e. The lowest BCUT2D eigenvalue weighted by Crippen LogP contribution is -2.21. The van der Waals surface area contributed by atoms with Crippen molar-refractivity contribution in [3.05, 3.63) is 64.1 Å². The molecule has 0 aliphatic carbocycles. The Bertz CT molecular complexity index is 663. The molecule has 0 atom stereocenters. The van der Waals surface area contributed by atoms with Gasteiger partial charge in [0.05, 0.1) is 0 Å². The van der Waals surface area contributed by atoms with Gasteiger partial charge in [-0.15, -0.1) is 0 Å². The Kier molecular flexibility index (Phi) is 4.77. The molecule has 2 N–H and O–H groups in total. The van der Waals surface area contributed by atoms with Crippen molar-refractivity contribution >= 4 is 11.8 Å². The summed E-state index contributed by atoms with van der Waals surface area (Å²) in [5.41, 5.74) is 1.55. The molecule has 0 bridgehead atoms. The zero-order valence-electron chi connectivity index (χ0n) is 12.1. The molecular formula is C16H18N2O3. The van der Waals surface area contributed by atoms with Crippen LogP contribution in [0.2, 0.25) is 0 Å². The fraction of sp³-hybridized carbons (Fsp3) is 0.250. The molecule has 2 rings (SSSR count). The minimum atomic E-state index is -0.651. The van der Waals surface area contributed by atoms with E-state index in [0.29, 0.717) is 0 Å². The summed E-state index contributed by atoms with van der Waals surface area (Å²) in [6, 6.07) is 12.7. The first-order valence-corrected chi connectivity index (χ1v) is 6.77. The van der Waals surface area contributed by atoms with Crippen molar-refractivity contribution in [2.45, 2.75) is 26.4 Å². The van der Waals surface area contributed by atoms with Crippen LogP contribution < -0.4 is 10.9 Å². The number of pyridine rings is 1. The standard InChI is InChI=1S/C16H18N2O3/c1-11(2)13-8-9-14(15(19)17-13)18-16(20)21-10-12-6-4-3-5-7-12/h3-9,11H,10H2,1-2H3,(H,17,19)(H,18,20). The molecule has 1 aromatic heterocycles. The Morgan fingerprint density at radius 1 is 1.19 bits per heavy atom. The van der Waals surface area contributed by atoms with Crippen LogP contribution in [0.25, 0.3) is 0 Å². The van der Waals surface area contributed by atoms with Gasteiger partial charge in [0.15, 0.2) is 0 Å². The zero-order chi connectivity index (χ0) is 15.2. The summed E-state index contributed by atoms with van der Waals surface area (Å²) in [5, 5.41) is 2.44. The molecule has 1 aromatic carbocycles. The Balaban J connectivity index is 1.95. The second-order valence-corrected chi connectivity index (χ2v) is 5.00. The van der Waals surface area contributed by atoms with Crippen molar-refractivity contribution in [3.63, 3.8) is 0 Å². The average molecular weight is 286 g/mol. The van der Waals surface area contributed by atoms with Crippen LogP contribution in [0.15, 0.2) is 47.3 Å². The van der Waals surface area contributed by atoms with E-state index in [4.69, 9.17) is 4.74 Å². The molecule has 21 heavy (non-hydrogen) atoms. The van der Waals surface area contributed by atoms with Crippen molar-refractivity contribution in [3.8, 4) is 0 Å². The van der Waals surface area contributed by atoms with Gasteiger partial charge in [-0.2, -0.15) is 0 Å². The van der Waals surface area contributed by atoms with Crippen LogP contribution in [0.5, 0.6) is 0 Å². The van der Waals surface area contributed by atoms with E-state index in [1.54, 1.807) is 12.1 Å². The van der Waals surface area contributed by atoms with Crippen LogP contribution in [-0.2, 0) is 11.3 Å². The van der Waals surface area contributed by atoms with Gasteiger partial charge in [0.2, 0.25) is 0 Å². The summed E-state index contributed by atoms with van der Waals surface area (Å²) in [7, 11) is 0. The molecule has 0 saturated carbocycles. The number of aromatic amines is 1. The fourth-order valence-electron chi connectivity index (χ4n) is 1.79. The number of carbonyl (C=O) groups excluding carboxylic acids is 1. The molecule has 1 heterocycles. The lowest BCUT2D eigenvalue weighted by molar-refractivity contribution is 0.155. The highest BCUT2D eigenvalue weighted by Crippen LogP contribution is 2.11. The molecule has 2 aromatic rings. The first-order chi connectivity index (χ1) is 10.1. The third-order valence-electron chi connectivity index (χ3n) is 3.00. The van der Waals surface area contributed by atoms with E-state index >= 15 is 0 Å². The van der Waals surface area contributed by atoms with Gasteiger partial charge in [-0.1, -0.05) is 44.2 Å². The van der Waals surface area contributed by atoms with E-state index in [2.05, 4.69) is 10.3 Å². The van der Waals surface area contributed by atoms with Crippen LogP contribution in [0.4, 0.5) is 10.5 Å². The van der Waals surface area contributed by atoms with Crippen molar-refractivity contribution in [2.24, 2.45) is 0 Å². The number of ether oxygens (including phenoxy) is 1.